The molecule has 1 aromatic heterocycles. The molecule has 0 aliphatic rings. The van der Waals surface area contributed by atoms with Crippen LogP contribution in [0.2, 0.25) is 0 Å². The molecule has 1 aromatic carbocycles. The Hall–Kier alpha value is -1.06. The van der Waals surface area contributed by atoms with E-state index in [-0.39, 0.29) is 0 Å². The number of thiazole rings is 1. The molecule has 0 fully saturated rings. The number of nitrogens with zero attached hydrogens (tertiary/aromatic N) is 2. The van der Waals surface area contributed by atoms with Crippen molar-refractivity contribution in [1.82, 2.24) is 4.98 Å². The lowest BCUT2D eigenvalue weighted by atomic mass is 10.2. The van der Waals surface area contributed by atoms with Crippen LogP contribution < -0.4 is 4.90 Å². The Bertz CT molecular complexity index is 524. The number of rotatable bonds is 6. The van der Waals surface area contributed by atoms with E-state index in [9.17, 15) is 0 Å². The molecule has 0 aliphatic carbocycles. The molecule has 2 nitrogen and oxygen atoms in total. The van der Waals surface area contributed by atoms with Gasteiger partial charge in [0.2, 0.25) is 0 Å². The van der Waals surface area contributed by atoms with Crippen molar-refractivity contribution < 1.29 is 0 Å². The van der Waals surface area contributed by atoms with E-state index in [1.54, 1.807) is 11.3 Å². The van der Waals surface area contributed by atoms with Crippen LogP contribution in [0.4, 0.5) is 5.69 Å². The summed E-state index contributed by atoms with van der Waals surface area (Å²) in [5, 5.41) is 3.24. The van der Waals surface area contributed by atoms with Crippen molar-refractivity contribution in [3.05, 3.63) is 45.9 Å². The maximum atomic E-state index is 5.76. The molecule has 0 N–H and O–H groups in total. The van der Waals surface area contributed by atoms with E-state index in [1.807, 2.05) is 5.38 Å². The summed E-state index contributed by atoms with van der Waals surface area (Å²) in [5.41, 5.74) is 3.63. The predicted octanol–water partition coefficient (Wildman–Crippen LogP) is 4.26. The molecule has 0 aliphatic heterocycles. The summed E-state index contributed by atoms with van der Waals surface area (Å²) < 4.78 is 0. The van der Waals surface area contributed by atoms with E-state index in [0.29, 0.717) is 5.88 Å². The highest BCUT2D eigenvalue weighted by Gasteiger charge is 2.05. The van der Waals surface area contributed by atoms with Crippen LogP contribution >= 0.6 is 22.9 Å². The van der Waals surface area contributed by atoms with Gasteiger partial charge in [0.25, 0.3) is 0 Å². The topological polar surface area (TPSA) is 16.1 Å². The van der Waals surface area contributed by atoms with Gasteiger partial charge in [0.15, 0.2) is 0 Å². The molecule has 19 heavy (non-hydrogen) atoms. The van der Waals surface area contributed by atoms with Crippen molar-refractivity contribution in [3.63, 3.8) is 0 Å². The number of alkyl halides is 1. The molecule has 2 rings (SSSR count). The number of hydrogen-bond acceptors (Lipinski definition) is 3. The second-order valence-corrected chi connectivity index (χ2v) is 5.89. The third-order valence-electron chi connectivity index (χ3n) is 3.15. The van der Waals surface area contributed by atoms with Crippen molar-refractivity contribution >= 4 is 28.6 Å². The lowest BCUT2D eigenvalue weighted by Crippen LogP contribution is -2.19. The van der Waals surface area contributed by atoms with Crippen molar-refractivity contribution in [3.8, 4) is 0 Å². The zero-order valence-corrected chi connectivity index (χ0v) is 13.0. The highest BCUT2D eigenvalue weighted by molar-refractivity contribution is 7.09. The molecule has 0 atom stereocenters. The second-order valence-electron chi connectivity index (χ2n) is 4.68. The monoisotopic (exact) mass is 294 g/mol. The first kappa shape index (κ1) is 14.4. The average molecular weight is 295 g/mol. The van der Waals surface area contributed by atoms with Gasteiger partial charge in [0.05, 0.1) is 16.6 Å². The third kappa shape index (κ3) is 3.95. The van der Waals surface area contributed by atoms with Gasteiger partial charge >= 0.3 is 0 Å². The molecule has 0 spiro atoms. The SMILES string of the molecule is Cc1ccccc1N(C)CCCc1nc(CCl)cs1. The summed E-state index contributed by atoms with van der Waals surface area (Å²) in [4.78, 5) is 6.79. The molecular weight excluding hydrogens is 276 g/mol. The molecule has 0 unspecified atom stereocenters. The number of anilines is 1. The van der Waals surface area contributed by atoms with Crippen LogP contribution in [0.15, 0.2) is 29.6 Å². The molecule has 0 saturated heterocycles. The highest BCUT2D eigenvalue weighted by Crippen LogP contribution is 2.19. The van der Waals surface area contributed by atoms with Gasteiger partial charge < -0.3 is 4.90 Å². The number of hydrogen-bond donors (Lipinski definition) is 0. The molecular formula is C15H19ClN2S. The van der Waals surface area contributed by atoms with Crippen LogP contribution in [-0.2, 0) is 12.3 Å². The summed E-state index contributed by atoms with van der Waals surface area (Å²) >= 11 is 7.47. The van der Waals surface area contributed by atoms with E-state index >= 15 is 0 Å². The van der Waals surface area contributed by atoms with Crippen LogP contribution in [0.3, 0.4) is 0 Å². The van der Waals surface area contributed by atoms with Gasteiger partial charge in [-0.15, -0.1) is 22.9 Å². The first-order valence-electron chi connectivity index (χ1n) is 6.46. The summed E-state index contributed by atoms with van der Waals surface area (Å²) in [5.74, 6) is 0.514. The van der Waals surface area contributed by atoms with Gasteiger partial charge in [0.1, 0.15) is 0 Å². The lowest BCUT2D eigenvalue weighted by Gasteiger charge is -2.21. The minimum Gasteiger partial charge on any atom is -0.374 e. The van der Waals surface area contributed by atoms with Crippen LogP contribution in [0.25, 0.3) is 0 Å². The standard InChI is InChI=1S/C15H19ClN2S/c1-12-6-3-4-7-14(12)18(2)9-5-8-15-17-13(10-16)11-19-15/h3-4,6-7,11H,5,8-10H2,1-2H3. The Morgan fingerprint density at radius 2 is 2.11 bits per heavy atom. The fourth-order valence-electron chi connectivity index (χ4n) is 2.10. The van der Waals surface area contributed by atoms with Gasteiger partial charge in [-0.25, -0.2) is 4.98 Å². The van der Waals surface area contributed by atoms with Crippen LogP contribution in [0, 0.1) is 6.92 Å². The van der Waals surface area contributed by atoms with E-state index in [1.165, 1.54) is 16.3 Å². The lowest BCUT2D eigenvalue weighted by molar-refractivity contribution is 0.778. The Morgan fingerprint density at radius 1 is 1.32 bits per heavy atom. The maximum absolute atomic E-state index is 5.76. The average Bonchev–Trinajstić information content (AvgIpc) is 2.87. The van der Waals surface area contributed by atoms with Crippen LogP contribution in [0.1, 0.15) is 22.7 Å². The molecule has 102 valence electrons. The molecule has 0 saturated carbocycles. The van der Waals surface area contributed by atoms with E-state index in [2.05, 4.69) is 48.1 Å². The number of benzene rings is 1. The zero-order valence-electron chi connectivity index (χ0n) is 11.4. The minimum atomic E-state index is 0.514. The second kappa shape index (κ2) is 6.92. The summed E-state index contributed by atoms with van der Waals surface area (Å²) in [6.45, 7) is 3.19. The van der Waals surface area contributed by atoms with Crippen molar-refractivity contribution in [1.29, 1.82) is 0 Å². The summed E-state index contributed by atoms with van der Waals surface area (Å²) in [6, 6.07) is 8.49. The zero-order chi connectivity index (χ0) is 13.7. The molecule has 1 heterocycles. The normalized spacial score (nSPS) is 10.7. The van der Waals surface area contributed by atoms with Crippen molar-refractivity contribution in [2.45, 2.75) is 25.6 Å². The minimum absolute atomic E-state index is 0.514. The molecule has 0 bridgehead atoms. The maximum Gasteiger partial charge on any atom is 0.0929 e. The van der Waals surface area contributed by atoms with Gasteiger partial charge in [-0.05, 0) is 25.0 Å². The van der Waals surface area contributed by atoms with Gasteiger partial charge in [-0.3, -0.25) is 0 Å². The van der Waals surface area contributed by atoms with Gasteiger partial charge in [-0.2, -0.15) is 0 Å². The Balaban J connectivity index is 1.84. The first-order valence-corrected chi connectivity index (χ1v) is 7.88. The number of aryl methyl sites for hydroxylation is 2. The Morgan fingerprint density at radius 3 is 2.79 bits per heavy atom. The molecule has 4 heteroatoms. The van der Waals surface area contributed by atoms with E-state index in [4.69, 9.17) is 11.6 Å². The van der Waals surface area contributed by atoms with E-state index < -0.39 is 0 Å². The molecule has 2 aromatic rings. The smallest absolute Gasteiger partial charge is 0.0929 e. The fraction of sp³-hybridized carbons (Fsp3) is 0.400. The largest absolute Gasteiger partial charge is 0.374 e. The van der Waals surface area contributed by atoms with E-state index in [0.717, 1.165) is 25.1 Å². The number of para-hydroxylation sites is 1. The number of halogens is 1. The van der Waals surface area contributed by atoms with Crippen LogP contribution in [0.5, 0.6) is 0 Å². The fourth-order valence-corrected chi connectivity index (χ4v) is 3.17. The van der Waals surface area contributed by atoms with Crippen LogP contribution in [-0.4, -0.2) is 18.6 Å². The van der Waals surface area contributed by atoms with Crippen molar-refractivity contribution in [2.75, 3.05) is 18.5 Å². The Labute approximate surface area is 124 Å². The molecule has 0 radical (unpaired) electrons. The highest BCUT2D eigenvalue weighted by atomic mass is 35.5. The molecule has 0 amide bonds. The Kier molecular flexibility index (Phi) is 5.23. The van der Waals surface area contributed by atoms with Gasteiger partial charge in [-0.1, -0.05) is 18.2 Å². The quantitative estimate of drug-likeness (QED) is 0.740. The number of aromatic nitrogens is 1. The predicted molar refractivity (Wildman–Crippen MR) is 84.4 cm³/mol. The third-order valence-corrected chi connectivity index (χ3v) is 4.38. The summed E-state index contributed by atoms with van der Waals surface area (Å²) in [6.07, 6.45) is 2.14. The van der Waals surface area contributed by atoms with Gasteiger partial charge in [0, 0.05) is 31.1 Å². The van der Waals surface area contributed by atoms with Crippen molar-refractivity contribution in [2.24, 2.45) is 0 Å². The summed E-state index contributed by atoms with van der Waals surface area (Å²) in [7, 11) is 2.15. The first-order chi connectivity index (χ1) is 9.20.